The average molecular weight is 566 g/mol. The van der Waals surface area contributed by atoms with E-state index >= 15 is 0 Å². The molecule has 0 saturated carbocycles. The summed E-state index contributed by atoms with van der Waals surface area (Å²) >= 11 is 0. The maximum Gasteiger partial charge on any atom is 0.191 e. The molecule has 33 heavy (non-hydrogen) atoms. The molecule has 3 N–H and O–H groups in total. The van der Waals surface area contributed by atoms with E-state index < -0.39 is 0 Å². The molecule has 0 bridgehead atoms. The van der Waals surface area contributed by atoms with Gasteiger partial charge in [0.2, 0.25) is 0 Å². The number of aromatic nitrogens is 4. The number of rotatable bonds is 11. The summed E-state index contributed by atoms with van der Waals surface area (Å²) < 4.78 is 1.74. The fourth-order valence-corrected chi connectivity index (χ4v) is 3.42. The van der Waals surface area contributed by atoms with Crippen LogP contribution in [0.5, 0.6) is 0 Å². The first-order valence-electron chi connectivity index (χ1n) is 11.2. The van der Waals surface area contributed by atoms with E-state index in [4.69, 9.17) is 4.99 Å². The second kappa shape index (κ2) is 13.9. The van der Waals surface area contributed by atoms with Crippen LogP contribution < -0.4 is 16.0 Å². The lowest BCUT2D eigenvalue weighted by Crippen LogP contribution is -2.40. The minimum absolute atomic E-state index is 0. The van der Waals surface area contributed by atoms with E-state index in [9.17, 15) is 0 Å². The quantitative estimate of drug-likeness (QED) is 0.143. The Morgan fingerprint density at radius 2 is 1.94 bits per heavy atom. The lowest BCUT2D eigenvalue weighted by molar-refractivity contribution is 0.240. The SMILES string of the molecule is CCNC(=NCCC(C)N(C)Cc1ccccc1)NCCNc1ncnc2c1cnn2C.I. The van der Waals surface area contributed by atoms with Gasteiger partial charge in [-0.25, -0.2) is 9.97 Å². The predicted molar refractivity (Wildman–Crippen MR) is 146 cm³/mol. The highest BCUT2D eigenvalue weighted by Gasteiger charge is 2.10. The van der Waals surface area contributed by atoms with Crippen LogP contribution in [-0.4, -0.2) is 69.9 Å². The number of fused-ring (bicyclic) bond motifs is 1. The molecule has 9 nitrogen and oxygen atoms in total. The molecular formula is C23H36IN9. The van der Waals surface area contributed by atoms with Crippen molar-refractivity contribution < 1.29 is 0 Å². The summed E-state index contributed by atoms with van der Waals surface area (Å²) in [5, 5.41) is 15.2. The Bertz CT molecular complexity index is 990. The van der Waals surface area contributed by atoms with E-state index in [-0.39, 0.29) is 24.0 Å². The lowest BCUT2D eigenvalue weighted by Gasteiger charge is -2.24. The van der Waals surface area contributed by atoms with Crippen LogP contribution >= 0.6 is 24.0 Å². The second-order valence-corrected chi connectivity index (χ2v) is 7.88. The number of anilines is 1. The van der Waals surface area contributed by atoms with Crippen molar-refractivity contribution in [3.63, 3.8) is 0 Å². The third-order valence-corrected chi connectivity index (χ3v) is 5.43. The molecule has 3 rings (SSSR count). The summed E-state index contributed by atoms with van der Waals surface area (Å²) in [7, 11) is 4.04. The fraction of sp³-hybridized carbons (Fsp3) is 0.478. The van der Waals surface area contributed by atoms with Crippen molar-refractivity contribution in [2.24, 2.45) is 12.0 Å². The van der Waals surface area contributed by atoms with Crippen LogP contribution in [0.25, 0.3) is 11.0 Å². The van der Waals surface area contributed by atoms with Crippen molar-refractivity contribution in [3.05, 3.63) is 48.4 Å². The topological polar surface area (TPSA) is 95.3 Å². The number of guanidine groups is 1. The van der Waals surface area contributed by atoms with Gasteiger partial charge in [0.15, 0.2) is 11.6 Å². The molecule has 0 saturated heterocycles. The van der Waals surface area contributed by atoms with E-state index in [0.29, 0.717) is 12.6 Å². The molecule has 0 aliphatic heterocycles. The summed E-state index contributed by atoms with van der Waals surface area (Å²) in [5.74, 6) is 1.63. The third-order valence-electron chi connectivity index (χ3n) is 5.43. The van der Waals surface area contributed by atoms with E-state index in [1.807, 2.05) is 7.05 Å². The number of benzene rings is 1. The standard InChI is InChI=1S/C23H35N9.HI/c1-5-24-23(26-12-11-18(2)31(3)16-19-9-7-6-8-10-19)27-14-13-25-21-20-15-30-32(4)22(20)29-17-28-21;/h6-10,15,17-18H,5,11-14,16H2,1-4H3,(H2,24,26,27)(H,25,28,29);1H. The van der Waals surface area contributed by atoms with E-state index in [2.05, 4.69) is 87.1 Å². The number of hydrogen-bond donors (Lipinski definition) is 3. The first-order chi connectivity index (χ1) is 15.6. The van der Waals surface area contributed by atoms with Crippen LogP contribution in [0.3, 0.4) is 0 Å². The molecule has 10 heteroatoms. The zero-order valence-electron chi connectivity index (χ0n) is 20.0. The van der Waals surface area contributed by atoms with Crippen molar-refractivity contribution in [3.8, 4) is 0 Å². The van der Waals surface area contributed by atoms with Crippen LogP contribution in [-0.2, 0) is 13.6 Å². The molecule has 0 spiro atoms. The maximum absolute atomic E-state index is 4.74. The Hall–Kier alpha value is -2.47. The van der Waals surface area contributed by atoms with Crippen LogP contribution in [0.1, 0.15) is 25.8 Å². The van der Waals surface area contributed by atoms with Crippen LogP contribution in [0.15, 0.2) is 47.8 Å². The van der Waals surface area contributed by atoms with Gasteiger partial charge in [0, 0.05) is 45.8 Å². The van der Waals surface area contributed by atoms with Crippen molar-refractivity contribution >= 4 is 46.8 Å². The summed E-state index contributed by atoms with van der Waals surface area (Å²) in [5.41, 5.74) is 2.15. The van der Waals surface area contributed by atoms with E-state index in [1.54, 1.807) is 17.2 Å². The predicted octanol–water partition coefficient (Wildman–Crippen LogP) is 2.86. The Labute approximate surface area is 213 Å². The number of halogens is 1. The summed E-state index contributed by atoms with van der Waals surface area (Å²) in [6.07, 6.45) is 4.34. The van der Waals surface area contributed by atoms with Gasteiger partial charge >= 0.3 is 0 Å². The minimum Gasteiger partial charge on any atom is -0.368 e. The summed E-state index contributed by atoms with van der Waals surface area (Å²) in [6, 6.07) is 11.0. The zero-order valence-corrected chi connectivity index (χ0v) is 22.3. The van der Waals surface area contributed by atoms with Crippen LogP contribution in [0.2, 0.25) is 0 Å². The molecule has 0 aliphatic carbocycles. The highest BCUT2D eigenvalue weighted by atomic mass is 127. The smallest absolute Gasteiger partial charge is 0.191 e. The van der Waals surface area contributed by atoms with Gasteiger partial charge in [-0.15, -0.1) is 24.0 Å². The van der Waals surface area contributed by atoms with Crippen molar-refractivity contribution in [1.82, 2.24) is 35.3 Å². The molecule has 3 aromatic rings. The highest BCUT2D eigenvalue weighted by Crippen LogP contribution is 2.17. The van der Waals surface area contributed by atoms with Gasteiger partial charge in [0.05, 0.1) is 11.6 Å². The lowest BCUT2D eigenvalue weighted by atomic mass is 10.1. The molecule has 0 radical (unpaired) electrons. The molecule has 2 heterocycles. The first kappa shape index (κ1) is 26.8. The largest absolute Gasteiger partial charge is 0.368 e. The number of aryl methyl sites for hydroxylation is 1. The van der Waals surface area contributed by atoms with Crippen molar-refractivity contribution in [2.45, 2.75) is 32.9 Å². The average Bonchev–Trinajstić information content (AvgIpc) is 3.18. The van der Waals surface area contributed by atoms with Crippen molar-refractivity contribution in [1.29, 1.82) is 0 Å². The van der Waals surface area contributed by atoms with Crippen LogP contribution in [0.4, 0.5) is 5.82 Å². The van der Waals surface area contributed by atoms with Crippen LogP contribution in [0, 0.1) is 0 Å². The van der Waals surface area contributed by atoms with Gasteiger partial charge in [0.1, 0.15) is 12.1 Å². The third kappa shape index (κ3) is 8.11. The molecule has 0 aliphatic rings. The van der Waals surface area contributed by atoms with Gasteiger partial charge in [-0.05, 0) is 32.9 Å². The second-order valence-electron chi connectivity index (χ2n) is 7.88. The normalized spacial score (nSPS) is 12.5. The highest BCUT2D eigenvalue weighted by molar-refractivity contribution is 14.0. The molecule has 2 aromatic heterocycles. The molecule has 0 fully saturated rings. The maximum atomic E-state index is 4.74. The number of aliphatic imine (C=N–C) groups is 1. The molecular weight excluding hydrogens is 529 g/mol. The Morgan fingerprint density at radius 3 is 2.70 bits per heavy atom. The number of nitrogens with zero attached hydrogens (tertiary/aromatic N) is 6. The summed E-state index contributed by atoms with van der Waals surface area (Å²) in [4.78, 5) is 15.7. The Kier molecular flexibility index (Phi) is 11.3. The Morgan fingerprint density at radius 1 is 1.15 bits per heavy atom. The minimum atomic E-state index is 0. The van der Waals surface area contributed by atoms with Gasteiger partial charge in [0.25, 0.3) is 0 Å². The van der Waals surface area contributed by atoms with E-state index in [0.717, 1.165) is 55.4 Å². The number of nitrogens with one attached hydrogen (secondary N) is 3. The molecule has 1 aromatic carbocycles. The molecule has 0 amide bonds. The first-order valence-corrected chi connectivity index (χ1v) is 11.2. The monoisotopic (exact) mass is 565 g/mol. The van der Waals surface area contributed by atoms with E-state index in [1.165, 1.54) is 5.56 Å². The Balaban J connectivity index is 0.00000385. The molecule has 1 unspecified atom stereocenters. The fourth-order valence-electron chi connectivity index (χ4n) is 3.42. The number of hydrogen-bond acceptors (Lipinski definition) is 6. The summed E-state index contributed by atoms with van der Waals surface area (Å²) in [6.45, 7) is 8.30. The molecule has 180 valence electrons. The van der Waals surface area contributed by atoms with Crippen molar-refractivity contribution in [2.75, 3.05) is 38.5 Å². The zero-order chi connectivity index (χ0) is 22.8. The van der Waals surface area contributed by atoms with Gasteiger partial charge in [-0.2, -0.15) is 5.10 Å². The van der Waals surface area contributed by atoms with Gasteiger partial charge < -0.3 is 16.0 Å². The molecule has 1 atom stereocenters. The van der Waals surface area contributed by atoms with Gasteiger partial charge in [-0.1, -0.05) is 30.3 Å². The van der Waals surface area contributed by atoms with Gasteiger partial charge in [-0.3, -0.25) is 14.6 Å².